The maximum Gasteiger partial charge on any atom is 0.222 e. The van der Waals surface area contributed by atoms with Crippen LogP contribution < -0.4 is 0 Å². The Morgan fingerprint density at radius 3 is 2.40 bits per heavy atom. The van der Waals surface area contributed by atoms with E-state index in [1.165, 1.54) is 25.7 Å². The molecule has 0 saturated heterocycles. The van der Waals surface area contributed by atoms with Gasteiger partial charge >= 0.3 is 0 Å². The first-order valence-corrected chi connectivity index (χ1v) is 6.44. The molecule has 1 saturated carbocycles. The molecule has 0 atom stereocenters. The van der Waals surface area contributed by atoms with Crippen LogP contribution in [-0.2, 0) is 4.79 Å². The third-order valence-corrected chi connectivity index (χ3v) is 3.34. The van der Waals surface area contributed by atoms with Crippen LogP contribution in [0.2, 0.25) is 0 Å². The summed E-state index contributed by atoms with van der Waals surface area (Å²) in [5.41, 5.74) is 0. The van der Waals surface area contributed by atoms with E-state index in [0.29, 0.717) is 24.3 Å². The monoisotopic (exact) mass is 211 g/mol. The molecule has 1 fully saturated rings. The Labute approximate surface area is 94.0 Å². The van der Waals surface area contributed by atoms with Crippen molar-refractivity contribution < 1.29 is 4.79 Å². The van der Waals surface area contributed by atoms with Crippen molar-refractivity contribution in [2.45, 2.75) is 65.3 Å². The van der Waals surface area contributed by atoms with Gasteiger partial charge in [-0.3, -0.25) is 4.79 Å². The minimum absolute atomic E-state index is 0.350. The topological polar surface area (TPSA) is 20.3 Å². The van der Waals surface area contributed by atoms with Gasteiger partial charge in [-0.2, -0.15) is 0 Å². The van der Waals surface area contributed by atoms with Gasteiger partial charge in [-0.15, -0.1) is 0 Å². The summed E-state index contributed by atoms with van der Waals surface area (Å²) in [4.78, 5) is 14.0. The maximum atomic E-state index is 11.8. The third-order valence-electron chi connectivity index (χ3n) is 3.34. The number of amides is 1. The molecule has 0 aromatic rings. The molecule has 2 heteroatoms. The highest BCUT2D eigenvalue weighted by Gasteiger charge is 2.25. The minimum atomic E-state index is 0.350. The van der Waals surface area contributed by atoms with Crippen LogP contribution in [0.4, 0.5) is 0 Å². The highest BCUT2D eigenvalue weighted by atomic mass is 16.2. The molecule has 1 amide bonds. The lowest BCUT2D eigenvalue weighted by atomic mass is 10.1. The smallest absolute Gasteiger partial charge is 0.222 e. The highest BCUT2D eigenvalue weighted by molar-refractivity contribution is 5.76. The van der Waals surface area contributed by atoms with Crippen molar-refractivity contribution in [3.63, 3.8) is 0 Å². The van der Waals surface area contributed by atoms with E-state index in [-0.39, 0.29) is 0 Å². The van der Waals surface area contributed by atoms with Crippen LogP contribution in [0.15, 0.2) is 0 Å². The lowest BCUT2D eigenvalue weighted by Crippen LogP contribution is -2.39. The summed E-state index contributed by atoms with van der Waals surface area (Å²) in [7, 11) is 0. The summed E-state index contributed by atoms with van der Waals surface area (Å²) in [6.45, 7) is 7.39. The second kappa shape index (κ2) is 6.14. The molecule has 0 aromatic carbocycles. The van der Waals surface area contributed by atoms with Crippen LogP contribution in [0, 0.1) is 5.92 Å². The van der Waals surface area contributed by atoms with Gasteiger partial charge in [-0.1, -0.05) is 33.6 Å². The number of hydrogen-bond donors (Lipinski definition) is 0. The molecule has 0 bridgehead atoms. The van der Waals surface area contributed by atoms with Crippen LogP contribution in [0.1, 0.15) is 59.3 Å². The van der Waals surface area contributed by atoms with Crippen molar-refractivity contribution in [3.05, 3.63) is 0 Å². The van der Waals surface area contributed by atoms with Crippen molar-refractivity contribution in [3.8, 4) is 0 Å². The molecule has 0 N–H and O–H groups in total. The standard InChI is InChI=1S/C13H25NO/c1-4-13(15)14(10-9-11(2)3)12-7-5-6-8-12/h11-12H,4-10H2,1-3H3. The van der Waals surface area contributed by atoms with E-state index in [1.54, 1.807) is 0 Å². The summed E-state index contributed by atoms with van der Waals surface area (Å²) in [6, 6.07) is 0.552. The van der Waals surface area contributed by atoms with Gasteiger partial charge < -0.3 is 4.90 Å². The van der Waals surface area contributed by atoms with Gasteiger partial charge in [0.05, 0.1) is 0 Å². The Bertz CT molecular complexity index is 195. The number of carbonyl (C=O) groups excluding carboxylic acids is 1. The zero-order chi connectivity index (χ0) is 11.3. The summed E-state index contributed by atoms with van der Waals surface area (Å²) in [5.74, 6) is 1.04. The summed E-state index contributed by atoms with van der Waals surface area (Å²) in [6.07, 6.45) is 6.87. The summed E-state index contributed by atoms with van der Waals surface area (Å²) >= 11 is 0. The molecule has 1 aliphatic rings. The Morgan fingerprint density at radius 1 is 1.33 bits per heavy atom. The van der Waals surface area contributed by atoms with E-state index in [2.05, 4.69) is 18.7 Å². The summed E-state index contributed by atoms with van der Waals surface area (Å²) in [5, 5.41) is 0. The largest absolute Gasteiger partial charge is 0.340 e. The van der Waals surface area contributed by atoms with E-state index in [9.17, 15) is 4.79 Å². The summed E-state index contributed by atoms with van der Waals surface area (Å²) < 4.78 is 0. The fourth-order valence-electron chi connectivity index (χ4n) is 2.33. The van der Waals surface area contributed by atoms with Crippen molar-refractivity contribution in [2.24, 2.45) is 5.92 Å². The quantitative estimate of drug-likeness (QED) is 0.684. The van der Waals surface area contributed by atoms with E-state index >= 15 is 0 Å². The Balaban J connectivity index is 2.48. The maximum absolute atomic E-state index is 11.8. The molecule has 0 aromatic heterocycles. The Hall–Kier alpha value is -0.530. The van der Waals surface area contributed by atoms with Gasteiger partial charge in [0.25, 0.3) is 0 Å². The van der Waals surface area contributed by atoms with Crippen molar-refractivity contribution in [1.29, 1.82) is 0 Å². The molecule has 1 rings (SSSR count). The normalized spacial score (nSPS) is 17.3. The number of nitrogens with zero attached hydrogens (tertiary/aromatic N) is 1. The Kier molecular flexibility index (Phi) is 5.13. The van der Waals surface area contributed by atoms with E-state index in [0.717, 1.165) is 13.0 Å². The molecule has 2 nitrogen and oxygen atoms in total. The van der Waals surface area contributed by atoms with Gasteiger partial charge in [-0.25, -0.2) is 0 Å². The molecule has 88 valence electrons. The van der Waals surface area contributed by atoms with E-state index in [4.69, 9.17) is 0 Å². The van der Waals surface area contributed by atoms with E-state index in [1.807, 2.05) is 6.92 Å². The lowest BCUT2D eigenvalue weighted by molar-refractivity contribution is -0.133. The van der Waals surface area contributed by atoms with Gasteiger partial charge in [0, 0.05) is 19.0 Å². The second-order valence-corrected chi connectivity index (χ2v) is 5.06. The molecular weight excluding hydrogens is 186 g/mol. The van der Waals surface area contributed by atoms with Gasteiger partial charge in [0.2, 0.25) is 5.91 Å². The molecule has 0 unspecified atom stereocenters. The highest BCUT2D eigenvalue weighted by Crippen LogP contribution is 2.24. The Morgan fingerprint density at radius 2 is 1.93 bits per heavy atom. The molecule has 0 heterocycles. The first kappa shape index (κ1) is 12.5. The average molecular weight is 211 g/mol. The van der Waals surface area contributed by atoms with Crippen molar-refractivity contribution >= 4 is 5.91 Å². The lowest BCUT2D eigenvalue weighted by Gasteiger charge is -2.29. The molecule has 0 radical (unpaired) electrons. The minimum Gasteiger partial charge on any atom is -0.340 e. The van der Waals surface area contributed by atoms with E-state index < -0.39 is 0 Å². The second-order valence-electron chi connectivity index (χ2n) is 5.06. The number of hydrogen-bond acceptors (Lipinski definition) is 1. The van der Waals surface area contributed by atoms with Crippen LogP contribution in [0.25, 0.3) is 0 Å². The van der Waals surface area contributed by atoms with Crippen LogP contribution in [0.5, 0.6) is 0 Å². The third kappa shape index (κ3) is 3.84. The fourth-order valence-corrected chi connectivity index (χ4v) is 2.33. The van der Waals surface area contributed by atoms with Crippen LogP contribution in [0.3, 0.4) is 0 Å². The fraction of sp³-hybridized carbons (Fsp3) is 0.923. The van der Waals surface area contributed by atoms with Gasteiger partial charge in [-0.05, 0) is 25.2 Å². The van der Waals surface area contributed by atoms with Crippen molar-refractivity contribution in [1.82, 2.24) is 4.90 Å². The van der Waals surface area contributed by atoms with Crippen LogP contribution >= 0.6 is 0 Å². The van der Waals surface area contributed by atoms with Crippen molar-refractivity contribution in [2.75, 3.05) is 6.54 Å². The van der Waals surface area contributed by atoms with Gasteiger partial charge in [0.15, 0.2) is 0 Å². The zero-order valence-electron chi connectivity index (χ0n) is 10.5. The molecule has 0 aliphatic heterocycles. The zero-order valence-corrected chi connectivity index (χ0v) is 10.5. The average Bonchev–Trinajstić information content (AvgIpc) is 2.70. The number of carbonyl (C=O) groups is 1. The first-order valence-electron chi connectivity index (χ1n) is 6.44. The van der Waals surface area contributed by atoms with Gasteiger partial charge in [0.1, 0.15) is 0 Å². The number of rotatable bonds is 5. The molecule has 15 heavy (non-hydrogen) atoms. The molecule has 0 spiro atoms. The molecular formula is C13H25NO. The predicted octanol–water partition coefficient (Wildman–Crippen LogP) is 3.21. The first-order chi connectivity index (χ1) is 7.15. The predicted molar refractivity (Wildman–Crippen MR) is 63.7 cm³/mol. The molecule has 1 aliphatic carbocycles. The SMILES string of the molecule is CCC(=O)N(CCC(C)C)C1CCCC1. The van der Waals surface area contributed by atoms with Crippen LogP contribution in [-0.4, -0.2) is 23.4 Å².